The molecule has 3 nitrogen and oxygen atoms in total. The third kappa shape index (κ3) is 6.39. The minimum absolute atomic E-state index is 0.00333. The molecule has 0 bridgehead atoms. The van der Waals surface area contributed by atoms with Gasteiger partial charge in [0.05, 0.1) is 12.3 Å². The quantitative estimate of drug-likeness (QED) is 0.460. The second kappa shape index (κ2) is 9.93. The van der Waals surface area contributed by atoms with Crippen molar-refractivity contribution < 1.29 is 9.53 Å². The summed E-state index contributed by atoms with van der Waals surface area (Å²) in [6, 6.07) is 14.3. The molecule has 0 radical (unpaired) electrons. The van der Waals surface area contributed by atoms with Crippen molar-refractivity contribution in [1.29, 1.82) is 0 Å². The van der Waals surface area contributed by atoms with Crippen molar-refractivity contribution in [3.8, 4) is 5.75 Å². The van der Waals surface area contributed by atoms with Crippen LogP contribution in [0, 0.1) is 0 Å². The number of amides is 1. The van der Waals surface area contributed by atoms with Crippen molar-refractivity contribution in [3.05, 3.63) is 58.1 Å². The van der Waals surface area contributed by atoms with Gasteiger partial charge in [0.2, 0.25) is 5.91 Å². The number of carbonyl (C=O) groups excluding carboxylic acids is 1. The third-order valence-corrected chi connectivity index (χ3v) is 5.71. The van der Waals surface area contributed by atoms with Crippen molar-refractivity contribution in [2.45, 2.75) is 58.8 Å². The fourth-order valence-corrected chi connectivity index (χ4v) is 3.25. The number of anilines is 1. The lowest BCUT2D eigenvalue weighted by Gasteiger charge is -2.23. The van der Waals surface area contributed by atoms with Gasteiger partial charge in [0, 0.05) is 10.9 Å². The first-order chi connectivity index (χ1) is 12.9. The lowest BCUT2D eigenvalue weighted by Crippen LogP contribution is -2.15. The van der Waals surface area contributed by atoms with E-state index in [-0.39, 0.29) is 11.3 Å². The second-order valence-electron chi connectivity index (χ2n) is 7.43. The van der Waals surface area contributed by atoms with Gasteiger partial charge in [-0.05, 0) is 76.0 Å². The molecule has 0 saturated heterocycles. The number of rotatable bonds is 9. The molecule has 1 N–H and O–H groups in total. The van der Waals surface area contributed by atoms with E-state index in [0.717, 1.165) is 28.8 Å². The number of hydrogen-bond donors (Lipinski definition) is 1. The molecule has 0 aromatic heterocycles. The van der Waals surface area contributed by atoms with Crippen molar-refractivity contribution >= 4 is 27.5 Å². The first kappa shape index (κ1) is 21.5. The largest absolute Gasteiger partial charge is 0.494 e. The summed E-state index contributed by atoms with van der Waals surface area (Å²) >= 11 is 3.51. The predicted octanol–water partition coefficient (Wildman–Crippen LogP) is 6.50. The Bertz CT molecular complexity index is 753. The smallest absolute Gasteiger partial charge is 0.224 e. The van der Waals surface area contributed by atoms with Crippen LogP contribution in [-0.2, 0) is 16.6 Å². The molecule has 27 heavy (non-hydrogen) atoms. The molecule has 0 saturated carbocycles. The lowest BCUT2D eigenvalue weighted by atomic mass is 9.82. The molecule has 0 aliphatic rings. The van der Waals surface area contributed by atoms with Crippen molar-refractivity contribution in [2.75, 3.05) is 11.9 Å². The van der Waals surface area contributed by atoms with Gasteiger partial charge >= 0.3 is 0 Å². The van der Waals surface area contributed by atoms with Gasteiger partial charge in [-0.15, -0.1) is 0 Å². The Labute approximate surface area is 171 Å². The van der Waals surface area contributed by atoms with Gasteiger partial charge in [0.1, 0.15) is 5.75 Å². The maximum atomic E-state index is 12.1. The van der Waals surface area contributed by atoms with Gasteiger partial charge in [-0.2, -0.15) is 0 Å². The summed E-state index contributed by atoms with van der Waals surface area (Å²) in [5.74, 6) is 0.854. The highest BCUT2D eigenvalue weighted by Gasteiger charge is 2.17. The van der Waals surface area contributed by atoms with E-state index in [9.17, 15) is 4.79 Å². The second-order valence-corrected chi connectivity index (χ2v) is 8.28. The Morgan fingerprint density at radius 1 is 1.11 bits per heavy atom. The molecule has 2 aromatic rings. The highest BCUT2D eigenvalue weighted by molar-refractivity contribution is 9.10. The maximum absolute atomic E-state index is 12.1. The van der Waals surface area contributed by atoms with Crippen LogP contribution in [0.25, 0.3) is 0 Å². The molecule has 2 aromatic carbocycles. The Kier molecular flexibility index (Phi) is 7.91. The molecule has 0 spiro atoms. The normalized spacial score (nSPS) is 11.3. The highest BCUT2D eigenvalue weighted by Crippen LogP contribution is 2.28. The molecule has 0 fully saturated rings. The lowest BCUT2D eigenvalue weighted by molar-refractivity contribution is -0.116. The SMILES string of the molecule is CCc1ccc(NC(=O)CCCOc2ccc(C(C)(C)CC)cc2)c(Br)c1. The molecular weight excluding hydrogens is 402 g/mol. The van der Waals surface area contributed by atoms with Crippen LogP contribution in [0.5, 0.6) is 5.75 Å². The highest BCUT2D eigenvalue weighted by atomic mass is 79.9. The summed E-state index contributed by atoms with van der Waals surface area (Å²) in [5.41, 5.74) is 3.55. The minimum atomic E-state index is 0.00333. The van der Waals surface area contributed by atoms with Crippen molar-refractivity contribution in [3.63, 3.8) is 0 Å². The van der Waals surface area contributed by atoms with Gasteiger partial charge in [0.15, 0.2) is 0 Å². The van der Waals surface area contributed by atoms with Crippen LogP contribution in [-0.4, -0.2) is 12.5 Å². The number of halogens is 1. The molecule has 0 heterocycles. The summed E-state index contributed by atoms with van der Waals surface area (Å²) in [5, 5.41) is 2.95. The zero-order valence-electron chi connectivity index (χ0n) is 16.8. The average molecular weight is 432 g/mol. The first-order valence-corrected chi connectivity index (χ1v) is 10.5. The molecule has 4 heteroatoms. The summed E-state index contributed by atoms with van der Waals surface area (Å²) in [7, 11) is 0. The van der Waals surface area contributed by atoms with E-state index in [1.807, 2.05) is 30.3 Å². The van der Waals surface area contributed by atoms with E-state index in [4.69, 9.17) is 4.74 Å². The van der Waals surface area contributed by atoms with Gasteiger partial charge in [-0.1, -0.05) is 45.9 Å². The number of aryl methyl sites for hydroxylation is 1. The molecule has 2 rings (SSSR count). The number of carbonyl (C=O) groups is 1. The van der Waals surface area contributed by atoms with Crippen LogP contribution in [0.4, 0.5) is 5.69 Å². The number of benzene rings is 2. The van der Waals surface area contributed by atoms with Gasteiger partial charge < -0.3 is 10.1 Å². The zero-order chi connectivity index (χ0) is 19.9. The fraction of sp³-hybridized carbons (Fsp3) is 0.435. The number of ether oxygens (including phenoxy) is 1. The topological polar surface area (TPSA) is 38.3 Å². The standard InChI is InChI=1S/C23H30BrNO2/c1-5-17-9-14-21(20(24)16-17)25-22(26)8-7-15-27-19-12-10-18(11-13-19)23(3,4)6-2/h9-14,16H,5-8,15H2,1-4H3,(H,25,26). The van der Waals surface area contributed by atoms with Crippen LogP contribution in [0.15, 0.2) is 46.9 Å². The van der Waals surface area contributed by atoms with Gasteiger partial charge in [0.25, 0.3) is 0 Å². The van der Waals surface area contributed by atoms with E-state index < -0.39 is 0 Å². The van der Waals surface area contributed by atoms with Crippen LogP contribution in [0.3, 0.4) is 0 Å². The van der Waals surface area contributed by atoms with Crippen LogP contribution < -0.4 is 10.1 Å². The maximum Gasteiger partial charge on any atom is 0.224 e. The van der Waals surface area contributed by atoms with E-state index >= 15 is 0 Å². The Hall–Kier alpha value is -1.81. The van der Waals surface area contributed by atoms with Crippen molar-refractivity contribution in [2.24, 2.45) is 0 Å². The zero-order valence-corrected chi connectivity index (χ0v) is 18.4. The Balaban J connectivity index is 1.75. The summed E-state index contributed by atoms with van der Waals surface area (Å²) in [4.78, 5) is 12.1. The molecule has 146 valence electrons. The number of nitrogens with one attached hydrogen (secondary N) is 1. The number of hydrogen-bond acceptors (Lipinski definition) is 2. The fourth-order valence-electron chi connectivity index (χ4n) is 2.72. The molecule has 0 aliphatic carbocycles. The van der Waals surface area contributed by atoms with E-state index in [2.05, 4.69) is 61.1 Å². The Morgan fingerprint density at radius 3 is 2.41 bits per heavy atom. The van der Waals surface area contributed by atoms with Crippen LogP contribution in [0.1, 0.15) is 58.1 Å². The summed E-state index contributed by atoms with van der Waals surface area (Å²) in [6.45, 7) is 9.33. The van der Waals surface area contributed by atoms with E-state index in [0.29, 0.717) is 19.4 Å². The van der Waals surface area contributed by atoms with Crippen molar-refractivity contribution in [1.82, 2.24) is 0 Å². The summed E-state index contributed by atoms with van der Waals surface area (Å²) < 4.78 is 6.69. The molecule has 0 unspecified atom stereocenters. The van der Waals surface area contributed by atoms with E-state index in [1.165, 1.54) is 11.1 Å². The third-order valence-electron chi connectivity index (χ3n) is 5.05. The van der Waals surface area contributed by atoms with Gasteiger partial charge in [-0.3, -0.25) is 4.79 Å². The molecule has 0 atom stereocenters. The van der Waals surface area contributed by atoms with Crippen LogP contribution in [0.2, 0.25) is 0 Å². The molecule has 0 aliphatic heterocycles. The minimum Gasteiger partial charge on any atom is -0.494 e. The summed E-state index contributed by atoms with van der Waals surface area (Å²) in [6.07, 6.45) is 3.18. The molecule has 1 amide bonds. The average Bonchev–Trinajstić information content (AvgIpc) is 2.67. The van der Waals surface area contributed by atoms with Gasteiger partial charge in [-0.25, -0.2) is 0 Å². The van der Waals surface area contributed by atoms with Crippen LogP contribution >= 0.6 is 15.9 Å². The monoisotopic (exact) mass is 431 g/mol. The molecular formula is C23H30BrNO2. The Morgan fingerprint density at radius 2 is 1.81 bits per heavy atom. The van der Waals surface area contributed by atoms with E-state index in [1.54, 1.807) is 0 Å². The first-order valence-electron chi connectivity index (χ1n) is 9.67. The predicted molar refractivity (Wildman–Crippen MR) is 117 cm³/mol.